The molecular formula is C18H15Cl2NO. The molecule has 0 unspecified atom stereocenters. The summed E-state index contributed by atoms with van der Waals surface area (Å²) in [5.74, 6) is -0.0877. The van der Waals surface area contributed by atoms with E-state index in [9.17, 15) is 4.79 Å². The first kappa shape index (κ1) is 15.3. The van der Waals surface area contributed by atoms with Crippen LogP contribution in [-0.2, 0) is 6.54 Å². The van der Waals surface area contributed by atoms with Gasteiger partial charge in [-0.05, 0) is 23.8 Å². The lowest BCUT2D eigenvalue weighted by Crippen LogP contribution is -2.21. The van der Waals surface area contributed by atoms with Crippen LogP contribution >= 0.6 is 23.2 Å². The van der Waals surface area contributed by atoms with Crippen LogP contribution in [0.1, 0.15) is 21.5 Å². The van der Waals surface area contributed by atoms with Gasteiger partial charge in [0.05, 0.1) is 5.02 Å². The molecule has 0 fully saturated rings. The van der Waals surface area contributed by atoms with Crippen molar-refractivity contribution >= 4 is 29.0 Å². The minimum atomic E-state index is -0.0877. The molecule has 0 N–H and O–H groups in total. The lowest BCUT2D eigenvalue weighted by molar-refractivity contribution is 0.103. The number of rotatable bonds is 4. The molecule has 2 aromatic carbocycles. The zero-order valence-corrected chi connectivity index (χ0v) is 13.4. The van der Waals surface area contributed by atoms with Crippen LogP contribution in [0, 0.1) is 0 Å². The molecular weight excluding hydrogens is 317 g/mol. The van der Waals surface area contributed by atoms with Gasteiger partial charge < -0.3 is 0 Å². The highest BCUT2D eigenvalue weighted by molar-refractivity contribution is 6.36. The van der Waals surface area contributed by atoms with Crippen molar-refractivity contribution in [1.29, 1.82) is 0 Å². The molecule has 3 rings (SSSR count). The highest BCUT2D eigenvalue weighted by Crippen LogP contribution is 2.25. The van der Waals surface area contributed by atoms with E-state index >= 15 is 0 Å². The summed E-state index contributed by atoms with van der Waals surface area (Å²) in [5, 5.41) is 0.931. The van der Waals surface area contributed by atoms with Gasteiger partial charge in [-0.1, -0.05) is 59.6 Å². The third kappa shape index (κ3) is 3.25. The fraction of sp³-hybridized carbons (Fsp3) is 0.167. The SMILES string of the molecule is O=C(c1cc(Cl)ccc1Cl)c1ccccc1CN1CC=CC1. The third-order valence-corrected chi connectivity index (χ3v) is 4.29. The van der Waals surface area contributed by atoms with Crippen molar-refractivity contribution in [3.63, 3.8) is 0 Å². The van der Waals surface area contributed by atoms with Gasteiger partial charge >= 0.3 is 0 Å². The molecule has 0 bridgehead atoms. The summed E-state index contributed by atoms with van der Waals surface area (Å²) in [6.45, 7) is 2.58. The lowest BCUT2D eigenvalue weighted by Gasteiger charge is -2.17. The van der Waals surface area contributed by atoms with Crippen LogP contribution in [-0.4, -0.2) is 23.8 Å². The summed E-state index contributed by atoms with van der Waals surface area (Å²) in [4.78, 5) is 15.1. The second-order valence-electron chi connectivity index (χ2n) is 5.28. The highest BCUT2D eigenvalue weighted by Gasteiger charge is 2.18. The smallest absolute Gasteiger partial charge is 0.194 e. The van der Waals surface area contributed by atoms with Gasteiger partial charge in [-0.3, -0.25) is 9.69 Å². The second-order valence-corrected chi connectivity index (χ2v) is 6.12. The highest BCUT2D eigenvalue weighted by atomic mass is 35.5. The molecule has 0 spiro atoms. The molecule has 112 valence electrons. The van der Waals surface area contributed by atoms with E-state index in [0.717, 1.165) is 25.2 Å². The first-order valence-corrected chi connectivity index (χ1v) is 7.86. The number of carbonyl (C=O) groups is 1. The predicted octanol–water partition coefficient (Wildman–Crippen LogP) is 4.60. The summed E-state index contributed by atoms with van der Waals surface area (Å²) in [6.07, 6.45) is 4.27. The van der Waals surface area contributed by atoms with E-state index in [2.05, 4.69) is 17.1 Å². The minimum absolute atomic E-state index is 0.0877. The summed E-state index contributed by atoms with van der Waals surface area (Å²) >= 11 is 12.2. The number of benzene rings is 2. The summed E-state index contributed by atoms with van der Waals surface area (Å²) in [7, 11) is 0. The van der Waals surface area contributed by atoms with Gasteiger partial charge in [0.15, 0.2) is 5.78 Å². The van der Waals surface area contributed by atoms with E-state index in [1.807, 2.05) is 24.3 Å². The third-order valence-electron chi connectivity index (χ3n) is 3.72. The van der Waals surface area contributed by atoms with Crippen molar-refractivity contribution in [3.8, 4) is 0 Å². The average Bonchev–Trinajstić information content (AvgIpc) is 3.02. The molecule has 0 aliphatic carbocycles. The Morgan fingerprint density at radius 1 is 1.00 bits per heavy atom. The topological polar surface area (TPSA) is 20.3 Å². The van der Waals surface area contributed by atoms with Crippen LogP contribution < -0.4 is 0 Å². The molecule has 0 radical (unpaired) electrons. The zero-order valence-electron chi connectivity index (χ0n) is 11.9. The van der Waals surface area contributed by atoms with Crippen LogP contribution in [0.5, 0.6) is 0 Å². The maximum absolute atomic E-state index is 12.8. The lowest BCUT2D eigenvalue weighted by atomic mass is 9.98. The van der Waals surface area contributed by atoms with Crippen LogP contribution in [0.3, 0.4) is 0 Å². The van der Waals surface area contributed by atoms with Crippen molar-refractivity contribution in [1.82, 2.24) is 4.90 Å². The summed E-state index contributed by atoms with van der Waals surface area (Å²) in [6, 6.07) is 12.6. The molecule has 2 nitrogen and oxygen atoms in total. The molecule has 4 heteroatoms. The number of hydrogen-bond donors (Lipinski definition) is 0. The number of halogens is 2. The molecule has 1 aliphatic rings. The van der Waals surface area contributed by atoms with E-state index in [0.29, 0.717) is 21.2 Å². The van der Waals surface area contributed by atoms with Gasteiger partial charge in [0, 0.05) is 35.8 Å². The first-order valence-electron chi connectivity index (χ1n) is 7.10. The van der Waals surface area contributed by atoms with Crippen LogP contribution in [0.2, 0.25) is 10.0 Å². The number of carbonyl (C=O) groups excluding carboxylic acids is 1. The van der Waals surface area contributed by atoms with Gasteiger partial charge in [0.2, 0.25) is 0 Å². The van der Waals surface area contributed by atoms with Crippen molar-refractivity contribution in [2.24, 2.45) is 0 Å². The first-order chi connectivity index (χ1) is 10.6. The van der Waals surface area contributed by atoms with Crippen LogP contribution in [0.25, 0.3) is 0 Å². The summed E-state index contributed by atoms with van der Waals surface area (Å²) < 4.78 is 0. The maximum atomic E-state index is 12.8. The quantitative estimate of drug-likeness (QED) is 0.603. The predicted molar refractivity (Wildman–Crippen MR) is 90.8 cm³/mol. The minimum Gasteiger partial charge on any atom is -0.292 e. The van der Waals surface area contributed by atoms with Gasteiger partial charge in [0.25, 0.3) is 0 Å². The second kappa shape index (κ2) is 6.66. The Balaban J connectivity index is 1.93. The van der Waals surface area contributed by atoms with E-state index in [1.54, 1.807) is 18.2 Å². The Morgan fingerprint density at radius 2 is 1.73 bits per heavy atom. The summed E-state index contributed by atoms with van der Waals surface area (Å²) in [5.41, 5.74) is 2.13. The maximum Gasteiger partial charge on any atom is 0.194 e. The van der Waals surface area contributed by atoms with E-state index in [-0.39, 0.29) is 5.78 Å². The largest absolute Gasteiger partial charge is 0.292 e. The van der Waals surface area contributed by atoms with Gasteiger partial charge in [-0.2, -0.15) is 0 Å². The zero-order chi connectivity index (χ0) is 15.5. The molecule has 1 aliphatic heterocycles. The molecule has 1 heterocycles. The monoisotopic (exact) mass is 331 g/mol. The molecule has 0 saturated heterocycles. The molecule has 0 atom stereocenters. The van der Waals surface area contributed by atoms with E-state index in [4.69, 9.17) is 23.2 Å². The molecule has 22 heavy (non-hydrogen) atoms. The Labute approximate surface area is 140 Å². The van der Waals surface area contributed by atoms with Crippen molar-refractivity contribution < 1.29 is 4.79 Å². The van der Waals surface area contributed by atoms with E-state index < -0.39 is 0 Å². The number of hydrogen-bond acceptors (Lipinski definition) is 2. The van der Waals surface area contributed by atoms with Crippen molar-refractivity contribution in [2.45, 2.75) is 6.54 Å². The normalized spacial score (nSPS) is 14.5. The number of ketones is 1. The molecule has 0 amide bonds. The Kier molecular flexibility index (Phi) is 4.63. The Morgan fingerprint density at radius 3 is 2.50 bits per heavy atom. The van der Waals surface area contributed by atoms with Crippen LogP contribution in [0.4, 0.5) is 0 Å². The standard InChI is InChI=1S/C18H15Cl2NO/c19-14-7-8-17(20)16(11-14)18(22)15-6-2-1-5-13(15)12-21-9-3-4-10-21/h1-8,11H,9-10,12H2. The number of nitrogens with zero attached hydrogens (tertiary/aromatic N) is 1. The van der Waals surface area contributed by atoms with Crippen LogP contribution in [0.15, 0.2) is 54.6 Å². The van der Waals surface area contributed by atoms with Gasteiger partial charge in [0.1, 0.15) is 0 Å². The molecule has 0 aromatic heterocycles. The fourth-order valence-corrected chi connectivity index (χ4v) is 2.96. The molecule has 0 saturated carbocycles. The van der Waals surface area contributed by atoms with Crippen molar-refractivity contribution in [3.05, 3.63) is 81.4 Å². The van der Waals surface area contributed by atoms with Gasteiger partial charge in [-0.15, -0.1) is 0 Å². The fourth-order valence-electron chi connectivity index (χ4n) is 2.59. The Hall–Kier alpha value is -1.61. The Bertz CT molecular complexity index is 732. The van der Waals surface area contributed by atoms with Crippen molar-refractivity contribution in [2.75, 3.05) is 13.1 Å². The molecule has 2 aromatic rings. The van der Waals surface area contributed by atoms with Gasteiger partial charge in [-0.25, -0.2) is 0 Å². The van der Waals surface area contributed by atoms with E-state index in [1.165, 1.54) is 0 Å². The average molecular weight is 332 g/mol.